The highest BCUT2D eigenvalue weighted by molar-refractivity contribution is 7.67. The second-order valence-corrected chi connectivity index (χ2v) is 1.84. The smallest absolute Gasteiger partial charge is 0.355 e. The molecule has 8 heteroatoms. The maximum atomic E-state index is 10.1. The summed E-state index contributed by atoms with van der Waals surface area (Å²) in [6.07, 6.45) is -2.27. The summed E-state index contributed by atoms with van der Waals surface area (Å²) in [6.45, 7) is 0. The van der Waals surface area contributed by atoms with Gasteiger partial charge in [0.15, 0.2) is 0 Å². The molecule has 0 atom stereocenters. The molecule has 0 aromatic rings. The number of hydrogen-bond acceptors (Lipinski definition) is 6. The molecular formula is C2HNO6S. The minimum Gasteiger partial charge on any atom is -0.355 e. The van der Waals surface area contributed by atoms with Crippen LogP contribution in [0.1, 0.15) is 0 Å². The summed E-state index contributed by atoms with van der Waals surface area (Å²) in [5.74, 6) is 0. The highest BCUT2D eigenvalue weighted by Crippen LogP contribution is 2.09. The number of cyclic esters (lactones) is 2. The fourth-order valence-electron chi connectivity index (χ4n) is 0.326. The van der Waals surface area contributed by atoms with Gasteiger partial charge in [-0.25, -0.2) is 18.0 Å². The van der Waals surface area contributed by atoms with E-state index in [9.17, 15) is 18.0 Å². The molecule has 56 valence electrons. The van der Waals surface area contributed by atoms with Gasteiger partial charge in [-0.2, -0.15) is 0 Å². The Labute approximate surface area is 56.2 Å². The highest BCUT2D eigenvalue weighted by Gasteiger charge is 2.40. The van der Waals surface area contributed by atoms with E-state index in [0.29, 0.717) is 0 Å². The van der Waals surface area contributed by atoms with Gasteiger partial charge in [0.1, 0.15) is 0 Å². The number of ether oxygens (including phenoxy) is 1. The topological polar surface area (TPSA) is 90.0 Å². The number of imide groups is 1. The lowest BCUT2D eigenvalue weighted by atomic mass is 10.9. The second-order valence-electron chi connectivity index (χ2n) is 1.23. The van der Waals surface area contributed by atoms with E-state index in [0.717, 1.165) is 0 Å². The third kappa shape index (κ3) is 1.06. The first-order valence-electron chi connectivity index (χ1n) is 1.99. The van der Waals surface area contributed by atoms with Gasteiger partial charge in [0.2, 0.25) is 0 Å². The van der Waals surface area contributed by atoms with Gasteiger partial charge in [0.25, 0.3) is 11.0 Å². The Balaban J connectivity index is 2.56. The van der Waals surface area contributed by atoms with Crippen LogP contribution >= 0.6 is 0 Å². The Morgan fingerprint density at radius 2 is 1.80 bits per heavy atom. The summed E-state index contributed by atoms with van der Waals surface area (Å²) < 4.78 is 26.8. The van der Waals surface area contributed by atoms with Crippen molar-refractivity contribution < 1.29 is 27.0 Å². The van der Waals surface area contributed by atoms with Gasteiger partial charge in [-0.1, -0.05) is 5.06 Å². The third-order valence-corrected chi connectivity index (χ3v) is 0.951. The van der Waals surface area contributed by atoms with E-state index in [2.05, 4.69) is 9.02 Å². The number of hydrogen-bond donors (Lipinski definition) is 1. The van der Waals surface area contributed by atoms with Gasteiger partial charge in [-0.05, 0) is 0 Å². The standard InChI is InChI=1S/C2HNO6S/c4-1-3(2(5)8-1)9-10(6)7/h10H. The Morgan fingerprint density at radius 1 is 1.30 bits per heavy atom. The zero-order valence-corrected chi connectivity index (χ0v) is 5.24. The van der Waals surface area contributed by atoms with Gasteiger partial charge in [-0.15, -0.1) is 4.28 Å². The number of rotatable bonds is 2. The van der Waals surface area contributed by atoms with Crippen LogP contribution < -0.4 is 0 Å². The Kier molecular flexibility index (Phi) is 1.55. The molecule has 0 aromatic carbocycles. The van der Waals surface area contributed by atoms with Crippen LogP contribution in [0.3, 0.4) is 0 Å². The van der Waals surface area contributed by atoms with Crippen LogP contribution in [0.2, 0.25) is 0 Å². The quantitative estimate of drug-likeness (QED) is 0.419. The number of nitrogens with zero attached hydrogens (tertiary/aromatic N) is 1. The zero-order valence-electron chi connectivity index (χ0n) is 4.34. The summed E-state index contributed by atoms with van der Waals surface area (Å²) in [6, 6.07) is 0. The molecule has 0 saturated carbocycles. The normalized spacial score (nSPS) is 17.1. The largest absolute Gasteiger partial charge is 0.454 e. The second kappa shape index (κ2) is 2.23. The van der Waals surface area contributed by atoms with Crippen molar-refractivity contribution in [3.63, 3.8) is 0 Å². The SMILES string of the molecule is O=C1OC(=O)N1O[SH](=O)=O. The molecule has 0 N–H and O–H groups in total. The van der Waals surface area contributed by atoms with Crippen LogP contribution in [-0.4, -0.2) is 25.7 Å². The maximum absolute atomic E-state index is 10.1. The Bertz CT molecular complexity index is 232. The number of thiol groups is 1. The van der Waals surface area contributed by atoms with Gasteiger partial charge in [-0.3, -0.25) is 0 Å². The predicted octanol–water partition coefficient (Wildman–Crippen LogP) is -0.983. The number of hydroxylamine groups is 2. The van der Waals surface area contributed by atoms with Crippen molar-refractivity contribution in [1.82, 2.24) is 5.06 Å². The van der Waals surface area contributed by atoms with E-state index in [1.165, 1.54) is 0 Å². The van der Waals surface area contributed by atoms with E-state index >= 15 is 0 Å². The van der Waals surface area contributed by atoms with E-state index < -0.39 is 23.2 Å². The summed E-state index contributed by atoms with van der Waals surface area (Å²) in [5.41, 5.74) is 0. The van der Waals surface area contributed by atoms with Crippen molar-refractivity contribution >= 4 is 23.2 Å². The number of carbonyl (C=O) groups excluding carboxylic acids is 2. The molecule has 0 spiro atoms. The van der Waals surface area contributed by atoms with Crippen LogP contribution in [0.4, 0.5) is 9.59 Å². The summed E-state index contributed by atoms with van der Waals surface area (Å²) in [5, 5.41) is -0.00823. The van der Waals surface area contributed by atoms with Gasteiger partial charge < -0.3 is 4.74 Å². The first-order chi connectivity index (χ1) is 4.61. The van der Waals surface area contributed by atoms with Crippen molar-refractivity contribution in [2.24, 2.45) is 0 Å². The highest BCUT2D eigenvalue weighted by atomic mass is 32.2. The molecule has 0 unspecified atom stereocenters. The van der Waals surface area contributed by atoms with Crippen LogP contribution in [0.25, 0.3) is 0 Å². The van der Waals surface area contributed by atoms with Crippen molar-refractivity contribution in [3.05, 3.63) is 0 Å². The maximum Gasteiger partial charge on any atom is 0.454 e. The average molecular weight is 167 g/mol. The van der Waals surface area contributed by atoms with Crippen LogP contribution in [0.15, 0.2) is 0 Å². The van der Waals surface area contributed by atoms with Crippen molar-refractivity contribution in [2.75, 3.05) is 0 Å². The lowest BCUT2D eigenvalue weighted by Gasteiger charge is -2.20. The molecular weight excluding hydrogens is 166 g/mol. The molecule has 10 heavy (non-hydrogen) atoms. The van der Waals surface area contributed by atoms with E-state index in [1.807, 2.05) is 0 Å². The Morgan fingerprint density at radius 3 is 2.00 bits per heavy atom. The van der Waals surface area contributed by atoms with E-state index in [-0.39, 0.29) is 5.06 Å². The monoisotopic (exact) mass is 167 g/mol. The first kappa shape index (κ1) is 6.96. The average Bonchev–Trinajstić information content (AvgIpc) is 1.84. The molecule has 1 fully saturated rings. The molecule has 1 saturated heterocycles. The van der Waals surface area contributed by atoms with Gasteiger partial charge >= 0.3 is 12.2 Å². The van der Waals surface area contributed by atoms with E-state index in [4.69, 9.17) is 0 Å². The molecule has 0 aromatic heterocycles. The fraction of sp³-hybridized carbons (Fsp3) is 0. The molecule has 1 rings (SSSR count). The Hall–Kier alpha value is -1.15. The van der Waals surface area contributed by atoms with Crippen molar-refractivity contribution in [1.29, 1.82) is 0 Å². The summed E-state index contributed by atoms with van der Waals surface area (Å²) in [7, 11) is -3.24. The zero-order chi connectivity index (χ0) is 7.72. The molecule has 1 aliphatic rings. The lowest BCUT2D eigenvalue weighted by Crippen LogP contribution is -2.49. The molecule has 0 radical (unpaired) electrons. The molecule has 0 bridgehead atoms. The molecule has 0 aliphatic carbocycles. The lowest BCUT2D eigenvalue weighted by molar-refractivity contribution is -0.0646. The third-order valence-electron chi connectivity index (χ3n) is 0.655. The summed E-state index contributed by atoms with van der Waals surface area (Å²) in [4.78, 5) is 20.1. The van der Waals surface area contributed by atoms with Crippen LogP contribution in [-0.2, 0) is 20.0 Å². The minimum absolute atomic E-state index is 0.00823. The summed E-state index contributed by atoms with van der Waals surface area (Å²) >= 11 is 0. The molecule has 1 aliphatic heterocycles. The van der Waals surface area contributed by atoms with Crippen molar-refractivity contribution in [3.8, 4) is 0 Å². The molecule has 2 amide bonds. The van der Waals surface area contributed by atoms with Crippen LogP contribution in [0, 0.1) is 0 Å². The fourth-order valence-corrected chi connectivity index (χ4v) is 0.593. The minimum atomic E-state index is -3.24. The first-order valence-corrected chi connectivity index (χ1v) is 3.09. The number of amides is 2. The predicted molar refractivity (Wildman–Crippen MR) is 25.1 cm³/mol. The van der Waals surface area contributed by atoms with E-state index in [1.54, 1.807) is 0 Å². The molecule has 7 nitrogen and oxygen atoms in total. The van der Waals surface area contributed by atoms with Crippen LogP contribution in [0.5, 0.6) is 0 Å². The number of carbonyl (C=O) groups is 2. The van der Waals surface area contributed by atoms with Gasteiger partial charge in [0, 0.05) is 0 Å². The van der Waals surface area contributed by atoms with Crippen molar-refractivity contribution in [2.45, 2.75) is 0 Å². The van der Waals surface area contributed by atoms with Gasteiger partial charge in [0.05, 0.1) is 0 Å². The molecule has 1 heterocycles.